The summed E-state index contributed by atoms with van der Waals surface area (Å²) in [6, 6.07) is 12.0. The molecule has 2 amide bonds. The highest BCUT2D eigenvalue weighted by atomic mass is 32.1. The van der Waals surface area contributed by atoms with Gasteiger partial charge in [0, 0.05) is 16.6 Å². The number of halogens is 1. The molecule has 6 nitrogen and oxygen atoms in total. The third kappa shape index (κ3) is 5.52. The van der Waals surface area contributed by atoms with Crippen molar-refractivity contribution in [3.8, 4) is 0 Å². The maximum absolute atomic E-state index is 13.6. The highest BCUT2D eigenvalue weighted by Gasteiger charge is 2.35. The molecule has 0 bridgehead atoms. The van der Waals surface area contributed by atoms with Gasteiger partial charge in [-0.25, -0.2) is 4.39 Å². The fourth-order valence-electron chi connectivity index (χ4n) is 3.16. The topological polar surface area (TPSA) is 75.2 Å². The zero-order valence-corrected chi connectivity index (χ0v) is 18.7. The number of rotatable bonds is 6. The van der Waals surface area contributed by atoms with Crippen molar-refractivity contribution < 1.29 is 14.0 Å². The largest absolute Gasteiger partial charge is 0.349 e. The van der Waals surface area contributed by atoms with Crippen molar-refractivity contribution in [2.45, 2.75) is 45.7 Å². The van der Waals surface area contributed by atoms with Gasteiger partial charge >= 0.3 is 0 Å². The molecule has 0 aliphatic heterocycles. The van der Waals surface area contributed by atoms with E-state index in [1.165, 1.54) is 29.2 Å². The summed E-state index contributed by atoms with van der Waals surface area (Å²) in [5.74, 6) is -1.26. The van der Waals surface area contributed by atoms with Crippen molar-refractivity contribution in [3.63, 3.8) is 0 Å². The van der Waals surface area contributed by atoms with E-state index in [1.54, 1.807) is 17.5 Å². The van der Waals surface area contributed by atoms with E-state index in [9.17, 15) is 14.0 Å². The Morgan fingerprint density at radius 1 is 1.10 bits per heavy atom. The van der Waals surface area contributed by atoms with Crippen LogP contribution in [0.4, 0.5) is 10.1 Å². The number of nitrogens with zero attached hydrogens (tertiary/aromatic N) is 3. The average molecular weight is 441 g/mol. The van der Waals surface area contributed by atoms with Crippen LogP contribution in [-0.4, -0.2) is 26.9 Å². The summed E-state index contributed by atoms with van der Waals surface area (Å²) in [6.07, 6.45) is 0.843. The molecule has 31 heavy (non-hydrogen) atoms. The van der Waals surface area contributed by atoms with E-state index >= 15 is 0 Å². The highest BCUT2D eigenvalue weighted by molar-refractivity contribution is 7.03. The zero-order chi connectivity index (χ0) is 22.6. The molecule has 3 aromatic rings. The number of carbonyl (C=O) groups is 2. The third-order valence-corrected chi connectivity index (χ3v) is 5.12. The second kappa shape index (κ2) is 9.34. The second-order valence-electron chi connectivity index (χ2n) is 8.18. The van der Waals surface area contributed by atoms with Gasteiger partial charge in [0.2, 0.25) is 5.91 Å². The first-order valence-corrected chi connectivity index (χ1v) is 10.8. The van der Waals surface area contributed by atoms with Gasteiger partial charge in [0.05, 0.1) is 0 Å². The first-order chi connectivity index (χ1) is 14.7. The predicted molar refractivity (Wildman–Crippen MR) is 120 cm³/mol. The molecular formula is C23H25FN4O2S. The van der Waals surface area contributed by atoms with Crippen LogP contribution in [0.3, 0.4) is 0 Å². The number of anilines is 1. The molecule has 1 atom stereocenters. The number of aryl methyl sites for hydroxylation is 1. The molecule has 1 heterocycles. The smallest absolute Gasteiger partial charge is 0.280 e. The zero-order valence-electron chi connectivity index (χ0n) is 17.9. The Kier molecular flexibility index (Phi) is 6.80. The van der Waals surface area contributed by atoms with E-state index in [0.717, 1.165) is 23.5 Å². The van der Waals surface area contributed by atoms with Crippen molar-refractivity contribution in [1.29, 1.82) is 0 Å². The van der Waals surface area contributed by atoms with Crippen molar-refractivity contribution in [1.82, 2.24) is 14.9 Å². The van der Waals surface area contributed by atoms with Crippen molar-refractivity contribution in [3.05, 3.63) is 76.5 Å². The molecule has 0 spiro atoms. The van der Waals surface area contributed by atoms with E-state index in [1.807, 2.05) is 39.8 Å². The van der Waals surface area contributed by atoms with Crippen molar-refractivity contribution in [2.24, 2.45) is 0 Å². The number of carbonyl (C=O) groups excluding carboxylic acids is 2. The number of aromatic nitrogens is 2. The Bertz CT molecular complexity index is 1030. The molecule has 1 N–H and O–H groups in total. The van der Waals surface area contributed by atoms with Crippen LogP contribution in [0.15, 0.2) is 53.9 Å². The van der Waals surface area contributed by atoms with Crippen LogP contribution in [0.5, 0.6) is 0 Å². The number of amides is 2. The molecule has 2 aromatic carbocycles. The summed E-state index contributed by atoms with van der Waals surface area (Å²) in [6.45, 7) is 7.62. The van der Waals surface area contributed by atoms with Crippen LogP contribution >= 0.6 is 11.5 Å². The Labute approximate surface area is 185 Å². The number of nitrogens with one attached hydrogen (secondary N) is 1. The summed E-state index contributed by atoms with van der Waals surface area (Å²) in [4.78, 5) is 28.3. The number of hydrogen-bond acceptors (Lipinski definition) is 5. The lowest BCUT2D eigenvalue weighted by Crippen LogP contribution is -2.49. The summed E-state index contributed by atoms with van der Waals surface area (Å²) >= 11 is 1.06. The summed E-state index contributed by atoms with van der Waals surface area (Å²) in [5.41, 5.74) is 1.73. The summed E-state index contributed by atoms with van der Waals surface area (Å²) in [7, 11) is 0. The molecule has 3 rings (SSSR count). The monoisotopic (exact) mass is 440 g/mol. The molecule has 0 unspecified atom stereocenters. The minimum absolute atomic E-state index is 0.139. The Morgan fingerprint density at radius 3 is 2.26 bits per heavy atom. The molecule has 162 valence electrons. The van der Waals surface area contributed by atoms with Gasteiger partial charge in [0.1, 0.15) is 11.9 Å². The first-order valence-electron chi connectivity index (χ1n) is 9.96. The van der Waals surface area contributed by atoms with E-state index in [4.69, 9.17) is 0 Å². The minimum Gasteiger partial charge on any atom is -0.349 e. The maximum Gasteiger partial charge on any atom is 0.280 e. The standard InChI is InChI=1S/C23H25FN4O2S/c1-5-15-6-12-18(13-7-15)28(22(30)19-14-31-27-26-19)20(21(29)25-23(2,3)4)16-8-10-17(24)11-9-16/h6-14,20H,5H2,1-4H3,(H,25,29)/t20-/m1/s1. The van der Waals surface area contributed by atoms with Gasteiger partial charge < -0.3 is 5.32 Å². The SMILES string of the molecule is CCc1ccc(N(C(=O)c2csnn2)[C@@H](C(=O)NC(C)(C)C)c2ccc(F)cc2)cc1. The van der Waals surface area contributed by atoms with Crippen LogP contribution in [0, 0.1) is 5.82 Å². The highest BCUT2D eigenvalue weighted by Crippen LogP contribution is 2.30. The van der Waals surface area contributed by atoms with E-state index in [-0.39, 0.29) is 11.6 Å². The molecule has 0 fully saturated rings. The Morgan fingerprint density at radius 2 is 1.74 bits per heavy atom. The minimum atomic E-state index is -1.03. The molecule has 0 aliphatic carbocycles. The van der Waals surface area contributed by atoms with Crippen LogP contribution in [-0.2, 0) is 11.2 Å². The third-order valence-electron chi connectivity index (χ3n) is 4.61. The molecular weight excluding hydrogens is 415 g/mol. The van der Waals surface area contributed by atoms with E-state index < -0.39 is 23.3 Å². The molecule has 8 heteroatoms. The molecule has 0 saturated carbocycles. The molecule has 0 radical (unpaired) electrons. The molecule has 1 aromatic heterocycles. The van der Waals surface area contributed by atoms with Crippen molar-refractivity contribution >= 4 is 29.0 Å². The predicted octanol–water partition coefficient (Wildman–Crippen LogP) is 4.54. The molecule has 0 aliphatic rings. The summed E-state index contributed by atoms with van der Waals surface area (Å²) in [5, 5.41) is 8.39. The first kappa shape index (κ1) is 22.6. The van der Waals surface area contributed by atoms with Gasteiger partial charge in [-0.1, -0.05) is 35.7 Å². The van der Waals surface area contributed by atoms with Crippen LogP contribution in [0.2, 0.25) is 0 Å². The second-order valence-corrected chi connectivity index (χ2v) is 8.79. The van der Waals surface area contributed by atoms with Gasteiger partial charge in [-0.3, -0.25) is 14.5 Å². The van der Waals surface area contributed by atoms with Gasteiger partial charge in [0.25, 0.3) is 5.91 Å². The Balaban J connectivity index is 2.16. The number of hydrogen-bond donors (Lipinski definition) is 1. The van der Waals surface area contributed by atoms with Crippen LogP contribution in [0.1, 0.15) is 55.4 Å². The van der Waals surface area contributed by atoms with Gasteiger partial charge in [-0.05, 0) is 74.1 Å². The van der Waals surface area contributed by atoms with Gasteiger partial charge in [-0.2, -0.15) is 0 Å². The van der Waals surface area contributed by atoms with Crippen molar-refractivity contribution in [2.75, 3.05) is 4.90 Å². The average Bonchev–Trinajstić information content (AvgIpc) is 3.26. The van der Waals surface area contributed by atoms with E-state index in [0.29, 0.717) is 11.3 Å². The lowest BCUT2D eigenvalue weighted by Gasteiger charge is -2.33. The van der Waals surface area contributed by atoms with Gasteiger partial charge in [-0.15, -0.1) is 5.10 Å². The lowest BCUT2D eigenvalue weighted by molar-refractivity contribution is -0.123. The summed E-state index contributed by atoms with van der Waals surface area (Å²) < 4.78 is 17.4. The Hall–Kier alpha value is -3.13. The maximum atomic E-state index is 13.6. The number of benzene rings is 2. The lowest BCUT2D eigenvalue weighted by atomic mass is 10.00. The van der Waals surface area contributed by atoms with Crippen LogP contribution < -0.4 is 10.2 Å². The fraction of sp³-hybridized carbons (Fsp3) is 0.304. The molecule has 0 saturated heterocycles. The van der Waals surface area contributed by atoms with E-state index in [2.05, 4.69) is 14.9 Å². The fourth-order valence-corrected chi connectivity index (χ4v) is 3.59. The normalized spacial score (nSPS) is 12.3. The quantitative estimate of drug-likeness (QED) is 0.611. The van der Waals surface area contributed by atoms with Crippen LogP contribution in [0.25, 0.3) is 0 Å². The van der Waals surface area contributed by atoms with Gasteiger partial charge in [0.15, 0.2) is 5.69 Å².